The Kier molecular flexibility index (Phi) is 2.37. The fraction of sp³-hybridized carbons (Fsp3) is 0. The first-order chi connectivity index (χ1) is 4.09. The summed E-state index contributed by atoms with van der Waals surface area (Å²) in [6.45, 7) is 0. The molecule has 0 unspecified atom stereocenters. The summed E-state index contributed by atoms with van der Waals surface area (Å²) in [6, 6.07) is 0. The molecule has 0 aromatic carbocycles. The molecule has 0 saturated carbocycles. The lowest BCUT2D eigenvalue weighted by Gasteiger charge is -1.87. The van der Waals surface area contributed by atoms with Gasteiger partial charge in [0.2, 0.25) is 0 Å². The van der Waals surface area contributed by atoms with Crippen LogP contribution in [0.5, 0.6) is 0 Å². The normalized spacial score (nSPS) is 8.11. The molecule has 0 bridgehead atoms. The standard InChI is InChI=1S/C4H3FO4/c5-1-2(3(6)7)4(8)9/h1H,(H,6,7)(H,8,9). The maximum Gasteiger partial charge on any atom is 0.345 e. The van der Waals surface area contributed by atoms with Crippen molar-refractivity contribution >= 4 is 11.9 Å². The highest BCUT2D eigenvalue weighted by Crippen LogP contribution is 1.93. The third-order valence-electron chi connectivity index (χ3n) is 0.570. The lowest BCUT2D eigenvalue weighted by atomic mass is 10.3. The SMILES string of the molecule is O=C(O)C(=CF)C(=O)O. The Bertz CT molecular complexity index is 155. The minimum Gasteiger partial charge on any atom is -0.477 e. The van der Waals surface area contributed by atoms with Gasteiger partial charge in [-0.2, -0.15) is 0 Å². The molecular formula is C4H3FO4. The van der Waals surface area contributed by atoms with Crippen molar-refractivity contribution in [3.05, 3.63) is 11.9 Å². The van der Waals surface area contributed by atoms with Gasteiger partial charge in [-0.3, -0.25) is 0 Å². The zero-order valence-corrected chi connectivity index (χ0v) is 4.17. The van der Waals surface area contributed by atoms with E-state index in [1.165, 1.54) is 0 Å². The summed E-state index contributed by atoms with van der Waals surface area (Å²) in [7, 11) is 0. The highest BCUT2D eigenvalue weighted by molar-refractivity contribution is 6.12. The predicted molar refractivity (Wildman–Crippen MR) is 24.5 cm³/mol. The van der Waals surface area contributed by atoms with Crippen LogP contribution >= 0.6 is 0 Å². The molecule has 4 nitrogen and oxygen atoms in total. The Hall–Kier alpha value is -1.39. The van der Waals surface area contributed by atoms with Crippen molar-refractivity contribution in [2.24, 2.45) is 0 Å². The third kappa shape index (κ3) is 1.89. The zero-order valence-electron chi connectivity index (χ0n) is 4.17. The molecule has 0 heterocycles. The molecule has 0 aromatic rings. The number of halogens is 1. The van der Waals surface area contributed by atoms with E-state index in [1.54, 1.807) is 0 Å². The van der Waals surface area contributed by atoms with Gasteiger partial charge in [0.15, 0.2) is 5.57 Å². The molecule has 0 aliphatic carbocycles. The molecule has 9 heavy (non-hydrogen) atoms. The van der Waals surface area contributed by atoms with Crippen molar-refractivity contribution in [3.8, 4) is 0 Å². The minimum absolute atomic E-state index is 0.468. The molecule has 2 N–H and O–H groups in total. The van der Waals surface area contributed by atoms with E-state index in [9.17, 15) is 14.0 Å². The van der Waals surface area contributed by atoms with Crippen LogP contribution in [0.2, 0.25) is 0 Å². The van der Waals surface area contributed by atoms with E-state index in [0.29, 0.717) is 0 Å². The van der Waals surface area contributed by atoms with Gasteiger partial charge < -0.3 is 10.2 Å². The topological polar surface area (TPSA) is 74.6 Å². The van der Waals surface area contributed by atoms with Gasteiger partial charge in [0.05, 0.1) is 0 Å². The number of aliphatic carboxylic acids is 2. The maximum atomic E-state index is 11.2. The van der Waals surface area contributed by atoms with Crippen LogP contribution < -0.4 is 0 Å². The zero-order chi connectivity index (χ0) is 7.44. The molecule has 0 amide bonds. The maximum absolute atomic E-state index is 11.2. The summed E-state index contributed by atoms with van der Waals surface area (Å²) >= 11 is 0. The smallest absolute Gasteiger partial charge is 0.345 e. The van der Waals surface area contributed by atoms with Crippen LogP contribution in [0, 0.1) is 0 Å². The van der Waals surface area contributed by atoms with Crippen molar-refractivity contribution < 1.29 is 24.2 Å². The highest BCUT2D eigenvalue weighted by Gasteiger charge is 2.15. The molecular weight excluding hydrogens is 131 g/mol. The average molecular weight is 134 g/mol. The first kappa shape index (κ1) is 7.61. The van der Waals surface area contributed by atoms with Gasteiger partial charge in [0, 0.05) is 0 Å². The van der Waals surface area contributed by atoms with Crippen LogP contribution in [-0.2, 0) is 9.59 Å². The Morgan fingerprint density at radius 3 is 1.56 bits per heavy atom. The van der Waals surface area contributed by atoms with E-state index in [4.69, 9.17) is 10.2 Å². The van der Waals surface area contributed by atoms with Crippen LogP contribution in [0.1, 0.15) is 0 Å². The molecule has 0 atom stereocenters. The Balaban J connectivity index is 4.38. The van der Waals surface area contributed by atoms with Crippen molar-refractivity contribution in [2.45, 2.75) is 0 Å². The van der Waals surface area contributed by atoms with E-state index in [2.05, 4.69) is 0 Å². The fourth-order valence-corrected chi connectivity index (χ4v) is 0.185. The van der Waals surface area contributed by atoms with Crippen LogP contribution in [-0.4, -0.2) is 22.2 Å². The quantitative estimate of drug-likeness (QED) is 0.317. The van der Waals surface area contributed by atoms with Crippen molar-refractivity contribution in [1.82, 2.24) is 0 Å². The van der Waals surface area contributed by atoms with Gasteiger partial charge in [-0.25, -0.2) is 14.0 Å². The molecule has 0 aromatic heterocycles. The predicted octanol–water partition coefficient (Wildman–Crippen LogP) is 0.00900. The lowest BCUT2D eigenvalue weighted by Crippen LogP contribution is -2.10. The van der Waals surface area contributed by atoms with Gasteiger partial charge in [-0.05, 0) is 0 Å². The summed E-state index contributed by atoms with van der Waals surface area (Å²) in [5.41, 5.74) is -1.27. The van der Waals surface area contributed by atoms with Crippen LogP contribution in [0.3, 0.4) is 0 Å². The van der Waals surface area contributed by atoms with E-state index in [-0.39, 0.29) is 0 Å². The molecule has 0 aliphatic heterocycles. The Morgan fingerprint density at radius 2 is 1.56 bits per heavy atom. The summed E-state index contributed by atoms with van der Waals surface area (Å²) in [4.78, 5) is 19.4. The monoisotopic (exact) mass is 134 g/mol. The molecule has 0 fully saturated rings. The molecule has 0 spiro atoms. The lowest BCUT2D eigenvalue weighted by molar-refractivity contribution is -0.140. The number of hydrogen-bond acceptors (Lipinski definition) is 2. The second-order valence-corrected chi connectivity index (χ2v) is 1.13. The number of carboxylic acid groups (broad SMARTS) is 2. The van der Waals surface area contributed by atoms with E-state index >= 15 is 0 Å². The molecule has 0 rings (SSSR count). The summed E-state index contributed by atoms with van der Waals surface area (Å²) in [5.74, 6) is -3.57. The average Bonchev–Trinajstić information content (AvgIpc) is 1.64. The molecule has 0 saturated heterocycles. The summed E-state index contributed by atoms with van der Waals surface area (Å²) in [5, 5.41) is 15.7. The molecule has 5 heteroatoms. The van der Waals surface area contributed by atoms with E-state index in [1.807, 2.05) is 0 Å². The number of rotatable bonds is 2. The number of hydrogen-bond donors (Lipinski definition) is 2. The molecule has 50 valence electrons. The van der Waals surface area contributed by atoms with Crippen LogP contribution in [0.15, 0.2) is 11.9 Å². The number of carbonyl (C=O) groups is 2. The second-order valence-electron chi connectivity index (χ2n) is 1.13. The van der Waals surface area contributed by atoms with Gasteiger partial charge in [0.1, 0.15) is 6.33 Å². The summed E-state index contributed by atoms with van der Waals surface area (Å²) in [6.07, 6.45) is -0.468. The first-order valence-electron chi connectivity index (χ1n) is 1.86. The van der Waals surface area contributed by atoms with Crippen LogP contribution in [0.4, 0.5) is 4.39 Å². The van der Waals surface area contributed by atoms with Crippen LogP contribution in [0.25, 0.3) is 0 Å². The van der Waals surface area contributed by atoms with E-state index in [0.717, 1.165) is 0 Å². The molecule has 0 aliphatic rings. The third-order valence-corrected chi connectivity index (χ3v) is 0.570. The second kappa shape index (κ2) is 2.81. The van der Waals surface area contributed by atoms with Gasteiger partial charge in [-0.1, -0.05) is 0 Å². The first-order valence-corrected chi connectivity index (χ1v) is 1.86. The van der Waals surface area contributed by atoms with Crippen molar-refractivity contribution in [2.75, 3.05) is 0 Å². The highest BCUT2D eigenvalue weighted by atomic mass is 19.1. The minimum atomic E-state index is -1.79. The fourth-order valence-electron chi connectivity index (χ4n) is 0.185. The molecule has 0 radical (unpaired) electrons. The Labute approximate surface area is 49.2 Å². The van der Waals surface area contributed by atoms with Crippen molar-refractivity contribution in [1.29, 1.82) is 0 Å². The van der Waals surface area contributed by atoms with Crippen molar-refractivity contribution in [3.63, 3.8) is 0 Å². The largest absolute Gasteiger partial charge is 0.477 e. The summed E-state index contributed by atoms with van der Waals surface area (Å²) < 4.78 is 11.2. The van der Waals surface area contributed by atoms with Gasteiger partial charge in [0.25, 0.3) is 0 Å². The van der Waals surface area contributed by atoms with Gasteiger partial charge in [-0.15, -0.1) is 0 Å². The van der Waals surface area contributed by atoms with E-state index < -0.39 is 23.8 Å². The number of carboxylic acids is 2. The van der Waals surface area contributed by atoms with Gasteiger partial charge >= 0.3 is 11.9 Å². The Morgan fingerprint density at radius 1 is 1.22 bits per heavy atom.